The van der Waals surface area contributed by atoms with Crippen molar-refractivity contribution in [2.45, 2.75) is 13.2 Å². The zero-order chi connectivity index (χ0) is 13.7. The van der Waals surface area contributed by atoms with Gasteiger partial charge in [0.1, 0.15) is 11.6 Å². The van der Waals surface area contributed by atoms with E-state index in [9.17, 15) is 4.39 Å². The number of hydrogen-bond donors (Lipinski definition) is 0. The molecule has 0 aliphatic heterocycles. The van der Waals surface area contributed by atoms with Crippen LogP contribution in [0.1, 0.15) is 11.1 Å². The SMILES string of the molecule is COc1cccc(COCc2cc(F)cc(Br)c2)c1. The second kappa shape index (κ2) is 6.68. The molecule has 0 spiro atoms. The largest absolute Gasteiger partial charge is 0.497 e. The van der Waals surface area contributed by atoms with Crippen LogP contribution in [-0.4, -0.2) is 7.11 Å². The Kier molecular flexibility index (Phi) is 4.93. The van der Waals surface area contributed by atoms with Crippen LogP contribution in [0.15, 0.2) is 46.9 Å². The number of ether oxygens (including phenoxy) is 2. The Morgan fingerprint density at radius 2 is 1.84 bits per heavy atom. The molecule has 0 aliphatic rings. The molecule has 0 aromatic heterocycles. The maximum atomic E-state index is 13.2. The molecule has 100 valence electrons. The van der Waals surface area contributed by atoms with E-state index in [-0.39, 0.29) is 5.82 Å². The summed E-state index contributed by atoms with van der Waals surface area (Å²) in [5.41, 5.74) is 1.82. The third kappa shape index (κ3) is 4.33. The molecule has 0 heterocycles. The van der Waals surface area contributed by atoms with Crippen molar-refractivity contribution < 1.29 is 13.9 Å². The van der Waals surface area contributed by atoms with Crippen LogP contribution >= 0.6 is 15.9 Å². The molecule has 19 heavy (non-hydrogen) atoms. The highest BCUT2D eigenvalue weighted by molar-refractivity contribution is 9.10. The molecule has 0 aliphatic carbocycles. The third-order valence-electron chi connectivity index (χ3n) is 2.59. The Morgan fingerprint density at radius 1 is 1.05 bits per heavy atom. The minimum Gasteiger partial charge on any atom is -0.497 e. The maximum absolute atomic E-state index is 13.2. The molecule has 2 rings (SSSR count). The summed E-state index contributed by atoms with van der Waals surface area (Å²) in [4.78, 5) is 0. The summed E-state index contributed by atoms with van der Waals surface area (Å²) in [7, 11) is 1.63. The molecule has 2 aromatic carbocycles. The van der Waals surface area contributed by atoms with Gasteiger partial charge in [-0.2, -0.15) is 0 Å². The highest BCUT2D eigenvalue weighted by atomic mass is 79.9. The molecular weight excluding hydrogens is 311 g/mol. The first-order valence-corrected chi connectivity index (χ1v) is 6.62. The first-order chi connectivity index (χ1) is 9.17. The molecule has 2 aromatic rings. The van der Waals surface area contributed by atoms with Crippen molar-refractivity contribution in [2.75, 3.05) is 7.11 Å². The summed E-state index contributed by atoms with van der Waals surface area (Å²) >= 11 is 3.26. The molecule has 2 nitrogen and oxygen atoms in total. The topological polar surface area (TPSA) is 18.5 Å². The van der Waals surface area contributed by atoms with Gasteiger partial charge in [-0.15, -0.1) is 0 Å². The Balaban J connectivity index is 1.92. The van der Waals surface area contributed by atoms with Gasteiger partial charge in [0, 0.05) is 4.47 Å². The van der Waals surface area contributed by atoms with Gasteiger partial charge in [-0.3, -0.25) is 0 Å². The number of halogens is 2. The van der Waals surface area contributed by atoms with E-state index in [1.54, 1.807) is 7.11 Å². The molecule has 0 saturated carbocycles. The van der Waals surface area contributed by atoms with E-state index in [0.717, 1.165) is 16.9 Å². The van der Waals surface area contributed by atoms with E-state index >= 15 is 0 Å². The fraction of sp³-hybridized carbons (Fsp3) is 0.200. The molecule has 0 fully saturated rings. The standard InChI is InChI=1S/C15H14BrFO2/c1-18-15-4-2-3-11(7-15)9-19-10-12-5-13(16)8-14(17)6-12/h2-8H,9-10H2,1H3. The highest BCUT2D eigenvalue weighted by Crippen LogP contribution is 2.17. The van der Waals surface area contributed by atoms with Gasteiger partial charge in [-0.05, 0) is 41.5 Å². The van der Waals surface area contributed by atoms with Gasteiger partial charge in [-0.25, -0.2) is 4.39 Å². The summed E-state index contributed by atoms with van der Waals surface area (Å²) in [6.45, 7) is 0.832. The van der Waals surface area contributed by atoms with Crippen LogP contribution in [0.25, 0.3) is 0 Å². The normalized spacial score (nSPS) is 10.5. The maximum Gasteiger partial charge on any atom is 0.124 e. The van der Waals surface area contributed by atoms with Gasteiger partial charge in [0.2, 0.25) is 0 Å². The van der Waals surface area contributed by atoms with E-state index < -0.39 is 0 Å². The second-order valence-corrected chi connectivity index (χ2v) is 5.04. The summed E-state index contributed by atoms with van der Waals surface area (Å²) in [5, 5.41) is 0. The van der Waals surface area contributed by atoms with Crippen molar-refractivity contribution in [3.05, 3.63) is 63.9 Å². The zero-order valence-electron chi connectivity index (χ0n) is 10.5. The van der Waals surface area contributed by atoms with E-state index in [0.29, 0.717) is 17.7 Å². The molecule has 4 heteroatoms. The van der Waals surface area contributed by atoms with Crippen LogP contribution < -0.4 is 4.74 Å². The Bertz CT molecular complexity index is 537. The van der Waals surface area contributed by atoms with Gasteiger partial charge in [0.05, 0.1) is 20.3 Å². The van der Waals surface area contributed by atoms with Crippen molar-refractivity contribution in [3.8, 4) is 5.75 Å². The lowest BCUT2D eigenvalue weighted by Crippen LogP contribution is -1.95. The summed E-state index contributed by atoms with van der Waals surface area (Å²) in [5.74, 6) is 0.531. The molecule has 0 unspecified atom stereocenters. The number of hydrogen-bond acceptors (Lipinski definition) is 2. The van der Waals surface area contributed by atoms with Gasteiger partial charge < -0.3 is 9.47 Å². The van der Waals surface area contributed by atoms with Crippen molar-refractivity contribution >= 4 is 15.9 Å². The number of methoxy groups -OCH3 is 1. The zero-order valence-corrected chi connectivity index (χ0v) is 12.1. The molecule has 0 bridgehead atoms. The molecule has 0 radical (unpaired) electrons. The lowest BCUT2D eigenvalue weighted by atomic mass is 10.2. The first kappa shape index (κ1) is 14.0. The van der Waals surface area contributed by atoms with Gasteiger partial charge in [0.25, 0.3) is 0 Å². The van der Waals surface area contributed by atoms with Crippen molar-refractivity contribution in [2.24, 2.45) is 0 Å². The molecule has 0 atom stereocenters. The van der Waals surface area contributed by atoms with Crippen LogP contribution in [0, 0.1) is 5.82 Å². The van der Waals surface area contributed by atoms with Gasteiger partial charge in [-0.1, -0.05) is 28.1 Å². The van der Waals surface area contributed by atoms with Crippen molar-refractivity contribution in [3.63, 3.8) is 0 Å². The summed E-state index contributed by atoms with van der Waals surface area (Å²) in [6.07, 6.45) is 0. The average molecular weight is 325 g/mol. The van der Waals surface area contributed by atoms with Gasteiger partial charge in [0.15, 0.2) is 0 Å². The number of benzene rings is 2. The van der Waals surface area contributed by atoms with Crippen LogP contribution in [0.2, 0.25) is 0 Å². The van der Waals surface area contributed by atoms with Crippen LogP contribution in [0.3, 0.4) is 0 Å². The minimum absolute atomic E-state index is 0.269. The van der Waals surface area contributed by atoms with Crippen LogP contribution in [-0.2, 0) is 18.0 Å². The minimum atomic E-state index is -0.269. The quantitative estimate of drug-likeness (QED) is 0.815. The fourth-order valence-corrected chi connectivity index (χ4v) is 2.26. The first-order valence-electron chi connectivity index (χ1n) is 5.83. The lowest BCUT2D eigenvalue weighted by Gasteiger charge is -2.07. The van der Waals surface area contributed by atoms with E-state index in [1.807, 2.05) is 30.3 Å². The molecule has 0 N–H and O–H groups in total. The number of rotatable bonds is 5. The van der Waals surface area contributed by atoms with E-state index in [4.69, 9.17) is 9.47 Å². The fourth-order valence-electron chi connectivity index (χ4n) is 1.74. The monoisotopic (exact) mass is 324 g/mol. The Hall–Kier alpha value is -1.39. The summed E-state index contributed by atoms with van der Waals surface area (Å²) < 4.78 is 24.6. The predicted molar refractivity (Wildman–Crippen MR) is 75.6 cm³/mol. The van der Waals surface area contributed by atoms with E-state index in [1.165, 1.54) is 12.1 Å². The third-order valence-corrected chi connectivity index (χ3v) is 3.05. The molecular formula is C15H14BrFO2. The highest BCUT2D eigenvalue weighted by Gasteiger charge is 2.01. The Morgan fingerprint density at radius 3 is 2.58 bits per heavy atom. The van der Waals surface area contributed by atoms with Crippen LogP contribution in [0.4, 0.5) is 4.39 Å². The van der Waals surface area contributed by atoms with E-state index in [2.05, 4.69) is 15.9 Å². The second-order valence-electron chi connectivity index (χ2n) is 4.12. The van der Waals surface area contributed by atoms with Crippen molar-refractivity contribution in [1.29, 1.82) is 0 Å². The van der Waals surface area contributed by atoms with Crippen molar-refractivity contribution in [1.82, 2.24) is 0 Å². The van der Waals surface area contributed by atoms with Gasteiger partial charge >= 0.3 is 0 Å². The smallest absolute Gasteiger partial charge is 0.124 e. The Labute approximate surface area is 120 Å². The molecule has 0 amide bonds. The lowest BCUT2D eigenvalue weighted by molar-refractivity contribution is 0.107. The predicted octanol–water partition coefficient (Wildman–Crippen LogP) is 4.31. The van der Waals surface area contributed by atoms with Crippen LogP contribution in [0.5, 0.6) is 5.75 Å². The molecule has 0 saturated heterocycles. The average Bonchev–Trinajstić information content (AvgIpc) is 2.38. The summed E-state index contributed by atoms with van der Waals surface area (Å²) in [6, 6.07) is 12.4.